The van der Waals surface area contributed by atoms with Gasteiger partial charge in [-0.2, -0.15) is 0 Å². The van der Waals surface area contributed by atoms with Gasteiger partial charge in [0.05, 0.1) is 5.60 Å². The number of rotatable bonds is 3. The van der Waals surface area contributed by atoms with Crippen LogP contribution in [0.5, 0.6) is 0 Å². The highest BCUT2D eigenvalue weighted by Crippen LogP contribution is 2.29. The van der Waals surface area contributed by atoms with Crippen LogP contribution in [0.15, 0.2) is 0 Å². The van der Waals surface area contributed by atoms with E-state index in [2.05, 4.69) is 5.32 Å². The van der Waals surface area contributed by atoms with Crippen LogP contribution >= 0.6 is 0 Å². The average Bonchev–Trinajstić information content (AvgIpc) is 2.18. The van der Waals surface area contributed by atoms with E-state index in [1.54, 1.807) is 0 Å². The maximum atomic E-state index is 10.3. The number of nitrogens with two attached hydrogens (primary N) is 1. The fourth-order valence-electron chi connectivity index (χ4n) is 1.99. The van der Waals surface area contributed by atoms with Crippen molar-refractivity contribution in [3.8, 4) is 0 Å². The molecule has 13 heavy (non-hydrogen) atoms. The van der Waals surface area contributed by atoms with Gasteiger partial charge >= 0.3 is 0 Å². The topological polar surface area (TPSA) is 58.3 Å². The molecular weight excluding hydrogens is 164 g/mol. The fraction of sp³-hybridized carbons (Fsp3) is 1.00. The lowest BCUT2D eigenvalue weighted by molar-refractivity contribution is -0.0522. The van der Waals surface area contributed by atoms with E-state index in [1.807, 2.05) is 13.8 Å². The van der Waals surface area contributed by atoms with Crippen molar-refractivity contribution in [1.82, 2.24) is 5.32 Å². The molecule has 1 aliphatic heterocycles. The quantitative estimate of drug-likeness (QED) is 0.595. The summed E-state index contributed by atoms with van der Waals surface area (Å²) in [7, 11) is 0. The van der Waals surface area contributed by atoms with Crippen LogP contribution in [0.2, 0.25) is 0 Å². The zero-order chi connectivity index (χ0) is 9.90. The first-order chi connectivity index (χ1) is 6.09. The van der Waals surface area contributed by atoms with E-state index < -0.39 is 5.60 Å². The van der Waals surface area contributed by atoms with Gasteiger partial charge in [0.15, 0.2) is 0 Å². The van der Waals surface area contributed by atoms with Gasteiger partial charge in [-0.25, -0.2) is 0 Å². The summed E-state index contributed by atoms with van der Waals surface area (Å²) in [4.78, 5) is 0. The minimum absolute atomic E-state index is 0.178. The second-order valence-electron chi connectivity index (χ2n) is 4.41. The highest BCUT2D eigenvalue weighted by molar-refractivity contribution is 4.90. The summed E-state index contributed by atoms with van der Waals surface area (Å²) in [6.07, 6.45) is 2.28. The van der Waals surface area contributed by atoms with E-state index in [4.69, 9.17) is 5.73 Å². The fourth-order valence-corrected chi connectivity index (χ4v) is 1.99. The van der Waals surface area contributed by atoms with Crippen molar-refractivity contribution < 1.29 is 5.11 Å². The Morgan fingerprint density at radius 1 is 1.69 bits per heavy atom. The van der Waals surface area contributed by atoms with Gasteiger partial charge in [-0.05, 0) is 38.8 Å². The molecule has 0 amide bonds. The van der Waals surface area contributed by atoms with Gasteiger partial charge in [-0.1, -0.05) is 6.92 Å². The third kappa shape index (κ3) is 2.42. The van der Waals surface area contributed by atoms with Gasteiger partial charge in [0.1, 0.15) is 0 Å². The van der Waals surface area contributed by atoms with E-state index in [0.29, 0.717) is 12.5 Å². The van der Waals surface area contributed by atoms with E-state index in [-0.39, 0.29) is 5.92 Å². The predicted molar refractivity (Wildman–Crippen MR) is 54.4 cm³/mol. The molecule has 3 nitrogen and oxygen atoms in total. The van der Waals surface area contributed by atoms with Crippen LogP contribution in [0.25, 0.3) is 0 Å². The van der Waals surface area contributed by atoms with Gasteiger partial charge in [-0.3, -0.25) is 0 Å². The van der Waals surface area contributed by atoms with Gasteiger partial charge < -0.3 is 16.2 Å². The molecular formula is C10H22N2O. The molecule has 1 rings (SSSR count). The van der Waals surface area contributed by atoms with Crippen LogP contribution in [0, 0.1) is 11.8 Å². The summed E-state index contributed by atoms with van der Waals surface area (Å²) in [6, 6.07) is 0. The van der Waals surface area contributed by atoms with Crippen LogP contribution in [0.1, 0.15) is 26.7 Å². The van der Waals surface area contributed by atoms with E-state index in [0.717, 1.165) is 25.9 Å². The molecule has 0 spiro atoms. The molecule has 0 radical (unpaired) electrons. The van der Waals surface area contributed by atoms with Crippen LogP contribution in [0.4, 0.5) is 0 Å². The van der Waals surface area contributed by atoms with Gasteiger partial charge in [0.2, 0.25) is 0 Å². The molecule has 1 fully saturated rings. The second kappa shape index (κ2) is 4.40. The minimum atomic E-state index is -0.609. The van der Waals surface area contributed by atoms with Crippen LogP contribution in [-0.4, -0.2) is 30.3 Å². The zero-order valence-corrected chi connectivity index (χ0v) is 8.71. The van der Waals surface area contributed by atoms with Crippen molar-refractivity contribution in [3.63, 3.8) is 0 Å². The summed E-state index contributed by atoms with van der Waals surface area (Å²) in [5.41, 5.74) is 4.98. The normalized spacial score (nSPS) is 30.9. The lowest BCUT2D eigenvalue weighted by atomic mass is 9.76. The van der Waals surface area contributed by atoms with Crippen molar-refractivity contribution in [2.75, 3.05) is 19.6 Å². The number of piperidine rings is 1. The zero-order valence-electron chi connectivity index (χ0n) is 8.71. The number of aliphatic hydroxyl groups is 1. The van der Waals surface area contributed by atoms with Crippen LogP contribution < -0.4 is 11.1 Å². The average molecular weight is 186 g/mol. The van der Waals surface area contributed by atoms with Crippen molar-refractivity contribution in [1.29, 1.82) is 0 Å². The summed E-state index contributed by atoms with van der Waals surface area (Å²) in [5.74, 6) is 0.539. The van der Waals surface area contributed by atoms with Crippen molar-refractivity contribution in [3.05, 3.63) is 0 Å². The lowest BCUT2D eigenvalue weighted by Crippen LogP contribution is -2.50. The Morgan fingerprint density at radius 2 is 2.38 bits per heavy atom. The van der Waals surface area contributed by atoms with Gasteiger partial charge in [0, 0.05) is 12.5 Å². The Balaban J connectivity index is 2.55. The SMILES string of the molecule is CC(CN)C(C)(O)C1CCCNC1. The second-order valence-corrected chi connectivity index (χ2v) is 4.41. The third-order valence-electron chi connectivity index (χ3n) is 3.47. The molecule has 0 bridgehead atoms. The maximum Gasteiger partial charge on any atom is 0.0697 e. The molecule has 78 valence electrons. The van der Waals surface area contributed by atoms with E-state index >= 15 is 0 Å². The molecule has 0 aromatic carbocycles. The summed E-state index contributed by atoms with van der Waals surface area (Å²) in [5, 5.41) is 13.6. The van der Waals surface area contributed by atoms with Crippen molar-refractivity contribution in [2.45, 2.75) is 32.3 Å². The standard InChI is InChI=1S/C10H22N2O/c1-8(6-11)10(2,13)9-4-3-5-12-7-9/h8-9,12-13H,3-7,11H2,1-2H3. The highest BCUT2D eigenvalue weighted by Gasteiger charge is 2.36. The number of nitrogens with one attached hydrogen (secondary N) is 1. The minimum Gasteiger partial charge on any atom is -0.390 e. The highest BCUT2D eigenvalue weighted by atomic mass is 16.3. The van der Waals surface area contributed by atoms with Gasteiger partial charge in [-0.15, -0.1) is 0 Å². The molecule has 0 aromatic heterocycles. The Morgan fingerprint density at radius 3 is 2.85 bits per heavy atom. The molecule has 3 heteroatoms. The Kier molecular flexibility index (Phi) is 3.71. The van der Waals surface area contributed by atoms with Crippen LogP contribution in [-0.2, 0) is 0 Å². The lowest BCUT2D eigenvalue weighted by Gasteiger charge is -2.39. The van der Waals surface area contributed by atoms with Gasteiger partial charge in [0.25, 0.3) is 0 Å². The first kappa shape index (κ1) is 11.0. The molecule has 0 aromatic rings. The molecule has 4 N–H and O–H groups in total. The number of hydrogen-bond donors (Lipinski definition) is 3. The monoisotopic (exact) mass is 186 g/mol. The van der Waals surface area contributed by atoms with E-state index in [1.165, 1.54) is 0 Å². The third-order valence-corrected chi connectivity index (χ3v) is 3.47. The molecule has 0 saturated carbocycles. The molecule has 1 heterocycles. The summed E-state index contributed by atoms with van der Waals surface area (Å²) in [6.45, 7) is 6.52. The first-order valence-corrected chi connectivity index (χ1v) is 5.22. The molecule has 3 unspecified atom stereocenters. The summed E-state index contributed by atoms with van der Waals surface area (Å²) >= 11 is 0. The molecule has 1 aliphatic rings. The largest absolute Gasteiger partial charge is 0.390 e. The first-order valence-electron chi connectivity index (χ1n) is 5.22. The van der Waals surface area contributed by atoms with E-state index in [9.17, 15) is 5.11 Å². The predicted octanol–water partition coefficient (Wildman–Crippen LogP) is 0.332. The number of hydrogen-bond acceptors (Lipinski definition) is 3. The van der Waals surface area contributed by atoms with Crippen molar-refractivity contribution in [2.24, 2.45) is 17.6 Å². The maximum absolute atomic E-state index is 10.3. The Labute approximate surface area is 80.7 Å². The smallest absolute Gasteiger partial charge is 0.0697 e. The van der Waals surface area contributed by atoms with Crippen molar-refractivity contribution >= 4 is 0 Å². The molecule has 0 aliphatic carbocycles. The molecule has 1 saturated heterocycles. The summed E-state index contributed by atoms with van der Waals surface area (Å²) < 4.78 is 0. The Hall–Kier alpha value is -0.120. The Bertz CT molecular complexity index is 153. The van der Waals surface area contributed by atoms with Crippen LogP contribution in [0.3, 0.4) is 0 Å². The molecule has 3 atom stereocenters.